The average Bonchev–Trinajstić information content (AvgIpc) is 2.83. The van der Waals surface area contributed by atoms with Crippen LogP contribution in [-0.4, -0.2) is 22.1 Å². The van der Waals surface area contributed by atoms with Crippen LogP contribution in [0.4, 0.5) is 5.69 Å². The summed E-state index contributed by atoms with van der Waals surface area (Å²) in [6, 6.07) is 7.35. The van der Waals surface area contributed by atoms with E-state index in [4.69, 9.17) is 10.3 Å². The molecule has 1 unspecified atom stereocenters. The first-order chi connectivity index (χ1) is 9.54. The van der Waals surface area contributed by atoms with Gasteiger partial charge in [0.05, 0.1) is 0 Å². The van der Waals surface area contributed by atoms with Crippen molar-refractivity contribution in [3.8, 4) is 11.4 Å². The standard InChI is InChI=1S/C14H18N4O2.ClH/c1-9(15)6-7-13(19)17-12-5-3-4-11(8-12)14-16-10(2)20-18-14;/h3-5,8-9H,6-7,15H2,1-2H3,(H,17,19);1H. The van der Waals surface area contributed by atoms with E-state index in [-0.39, 0.29) is 24.4 Å². The lowest BCUT2D eigenvalue weighted by Gasteiger charge is -2.07. The Hall–Kier alpha value is -1.92. The second-order valence-corrected chi connectivity index (χ2v) is 4.78. The number of hydrogen-bond acceptors (Lipinski definition) is 5. The van der Waals surface area contributed by atoms with E-state index >= 15 is 0 Å². The molecule has 0 bridgehead atoms. The Morgan fingerprint density at radius 2 is 2.24 bits per heavy atom. The highest BCUT2D eigenvalue weighted by Gasteiger charge is 2.08. The molecule has 7 heteroatoms. The minimum atomic E-state index is -0.0521. The maximum atomic E-state index is 11.8. The van der Waals surface area contributed by atoms with E-state index in [9.17, 15) is 4.79 Å². The van der Waals surface area contributed by atoms with Crippen LogP contribution >= 0.6 is 12.4 Å². The van der Waals surface area contributed by atoms with Gasteiger partial charge in [0.2, 0.25) is 17.6 Å². The largest absolute Gasteiger partial charge is 0.339 e. The molecule has 0 spiro atoms. The van der Waals surface area contributed by atoms with Crippen LogP contribution in [0, 0.1) is 6.92 Å². The van der Waals surface area contributed by atoms with Crippen molar-refractivity contribution in [1.29, 1.82) is 0 Å². The Bertz CT molecular complexity index is 598. The van der Waals surface area contributed by atoms with Gasteiger partial charge in [0.25, 0.3) is 0 Å². The van der Waals surface area contributed by atoms with Gasteiger partial charge < -0.3 is 15.6 Å². The van der Waals surface area contributed by atoms with Crippen molar-refractivity contribution in [3.05, 3.63) is 30.2 Å². The summed E-state index contributed by atoms with van der Waals surface area (Å²) in [5.74, 6) is 0.962. The SMILES string of the molecule is Cc1nc(-c2cccc(NC(=O)CCC(C)N)c2)no1.Cl. The first-order valence-electron chi connectivity index (χ1n) is 6.51. The Balaban J connectivity index is 0.00000220. The topological polar surface area (TPSA) is 94.0 Å². The molecule has 0 aliphatic carbocycles. The van der Waals surface area contributed by atoms with Crippen LogP contribution in [0.15, 0.2) is 28.8 Å². The lowest BCUT2D eigenvalue weighted by Crippen LogP contribution is -2.19. The molecule has 1 amide bonds. The molecule has 1 aromatic carbocycles. The maximum Gasteiger partial charge on any atom is 0.224 e. The Morgan fingerprint density at radius 3 is 2.86 bits per heavy atom. The summed E-state index contributed by atoms with van der Waals surface area (Å²) in [5.41, 5.74) is 7.14. The van der Waals surface area contributed by atoms with Crippen molar-refractivity contribution in [1.82, 2.24) is 10.1 Å². The molecule has 0 aliphatic rings. The van der Waals surface area contributed by atoms with E-state index in [1.54, 1.807) is 6.92 Å². The van der Waals surface area contributed by atoms with Gasteiger partial charge in [-0.15, -0.1) is 12.4 Å². The molecule has 6 nitrogen and oxygen atoms in total. The average molecular weight is 311 g/mol. The molecular weight excluding hydrogens is 292 g/mol. The number of rotatable bonds is 5. The molecule has 2 rings (SSSR count). The molecule has 2 aromatic rings. The number of hydrogen-bond donors (Lipinski definition) is 2. The second-order valence-electron chi connectivity index (χ2n) is 4.78. The minimum Gasteiger partial charge on any atom is -0.339 e. The zero-order valence-electron chi connectivity index (χ0n) is 12.0. The van der Waals surface area contributed by atoms with Crippen molar-refractivity contribution < 1.29 is 9.32 Å². The molecule has 0 aliphatic heterocycles. The summed E-state index contributed by atoms with van der Waals surface area (Å²) in [6.45, 7) is 3.61. The number of carbonyl (C=O) groups excluding carboxylic acids is 1. The zero-order valence-corrected chi connectivity index (χ0v) is 12.8. The molecule has 3 N–H and O–H groups in total. The molecule has 1 aromatic heterocycles. The summed E-state index contributed by atoms with van der Waals surface area (Å²) in [6.07, 6.45) is 1.07. The van der Waals surface area contributed by atoms with Crippen molar-refractivity contribution in [3.63, 3.8) is 0 Å². The predicted molar refractivity (Wildman–Crippen MR) is 83.2 cm³/mol. The van der Waals surface area contributed by atoms with Gasteiger partial charge in [-0.25, -0.2) is 0 Å². The van der Waals surface area contributed by atoms with Gasteiger partial charge in [0.15, 0.2) is 0 Å². The first-order valence-corrected chi connectivity index (χ1v) is 6.51. The van der Waals surface area contributed by atoms with Gasteiger partial charge in [0, 0.05) is 30.6 Å². The third kappa shape index (κ3) is 5.17. The number of aryl methyl sites for hydroxylation is 1. The Morgan fingerprint density at radius 1 is 1.48 bits per heavy atom. The van der Waals surface area contributed by atoms with E-state index in [1.165, 1.54) is 0 Å². The summed E-state index contributed by atoms with van der Waals surface area (Å²) < 4.78 is 4.94. The number of nitrogens with zero attached hydrogens (tertiary/aromatic N) is 2. The van der Waals surface area contributed by atoms with E-state index in [2.05, 4.69) is 15.5 Å². The van der Waals surface area contributed by atoms with E-state index in [1.807, 2.05) is 31.2 Å². The van der Waals surface area contributed by atoms with Crippen LogP contribution in [0.5, 0.6) is 0 Å². The predicted octanol–water partition coefficient (Wildman–Crippen LogP) is 2.53. The van der Waals surface area contributed by atoms with Gasteiger partial charge in [0.1, 0.15) is 0 Å². The summed E-state index contributed by atoms with van der Waals surface area (Å²) in [7, 11) is 0. The van der Waals surface area contributed by atoms with Crippen molar-refractivity contribution in [2.24, 2.45) is 5.73 Å². The number of aromatic nitrogens is 2. The molecular formula is C14H19ClN4O2. The highest BCUT2D eigenvalue weighted by atomic mass is 35.5. The van der Waals surface area contributed by atoms with Crippen LogP contribution in [-0.2, 0) is 4.79 Å². The number of nitrogens with two attached hydrogens (primary N) is 1. The fraction of sp³-hybridized carbons (Fsp3) is 0.357. The molecule has 0 fully saturated rings. The summed E-state index contributed by atoms with van der Waals surface area (Å²) in [5, 5.41) is 6.68. The summed E-state index contributed by atoms with van der Waals surface area (Å²) in [4.78, 5) is 15.9. The van der Waals surface area contributed by atoms with Crippen LogP contribution in [0.3, 0.4) is 0 Å². The third-order valence-corrected chi connectivity index (χ3v) is 2.76. The fourth-order valence-corrected chi connectivity index (χ4v) is 1.73. The highest BCUT2D eigenvalue weighted by molar-refractivity contribution is 5.91. The molecule has 1 atom stereocenters. The number of carbonyl (C=O) groups is 1. The smallest absolute Gasteiger partial charge is 0.224 e. The molecule has 0 saturated carbocycles. The quantitative estimate of drug-likeness (QED) is 0.885. The fourth-order valence-electron chi connectivity index (χ4n) is 1.73. The monoisotopic (exact) mass is 310 g/mol. The number of benzene rings is 1. The lowest BCUT2D eigenvalue weighted by molar-refractivity contribution is -0.116. The second kappa shape index (κ2) is 7.75. The number of anilines is 1. The molecule has 21 heavy (non-hydrogen) atoms. The molecule has 114 valence electrons. The Labute approximate surface area is 129 Å². The maximum absolute atomic E-state index is 11.8. The van der Waals surface area contributed by atoms with Gasteiger partial charge in [-0.05, 0) is 25.5 Å². The first kappa shape index (κ1) is 17.1. The van der Waals surface area contributed by atoms with Crippen LogP contribution in [0.2, 0.25) is 0 Å². The van der Waals surface area contributed by atoms with Crippen LogP contribution < -0.4 is 11.1 Å². The zero-order chi connectivity index (χ0) is 14.5. The summed E-state index contributed by atoms with van der Waals surface area (Å²) >= 11 is 0. The van der Waals surface area contributed by atoms with Crippen molar-refractivity contribution in [2.45, 2.75) is 32.7 Å². The van der Waals surface area contributed by atoms with E-state index < -0.39 is 0 Å². The molecule has 0 saturated heterocycles. The van der Waals surface area contributed by atoms with Crippen LogP contribution in [0.25, 0.3) is 11.4 Å². The number of halogens is 1. The normalized spacial score (nSPS) is 11.6. The van der Waals surface area contributed by atoms with Crippen molar-refractivity contribution >= 4 is 24.0 Å². The van der Waals surface area contributed by atoms with Gasteiger partial charge in [-0.3, -0.25) is 4.79 Å². The van der Waals surface area contributed by atoms with Crippen molar-refractivity contribution in [2.75, 3.05) is 5.32 Å². The van der Waals surface area contributed by atoms with E-state index in [0.29, 0.717) is 30.2 Å². The van der Waals surface area contributed by atoms with Gasteiger partial charge in [-0.2, -0.15) is 4.98 Å². The molecule has 1 heterocycles. The van der Waals surface area contributed by atoms with Gasteiger partial charge >= 0.3 is 0 Å². The van der Waals surface area contributed by atoms with Crippen LogP contribution in [0.1, 0.15) is 25.7 Å². The lowest BCUT2D eigenvalue weighted by atomic mass is 10.1. The number of amides is 1. The molecule has 0 radical (unpaired) electrons. The number of nitrogens with one attached hydrogen (secondary N) is 1. The highest BCUT2D eigenvalue weighted by Crippen LogP contribution is 2.20. The van der Waals surface area contributed by atoms with Gasteiger partial charge in [-0.1, -0.05) is 17.3 Å². The minimum absolute atomic E-state index is 0. The van der Waals surface area contributed by atoms with E-state index in [0.717, 1.165) is 5.56 Å². The Kier molecular flexibility index (Phi) is 6.33. The third-order valence-electron chi connectivity index (χ3n) is 2.76.